The highest BCUT2D eigenvalue weighted by molar-refractivity contribution is 6.12. The van der Waals surface area contributed by atoms with Gasteiger partial charge in [0.2, 0.25) is 5.90 Å². The fraction of sp³-hybridized carbons (Fsp3) is 0.211. The second-order valence-electron chi connectivity index (χ2n) is 5.40. The Labute approximate surface area is 149 Å². The molecule has 1 aliphatic heterocycles. The van der Waals surface area contributed by atoms with E-state index in [4.69, 9.17) is 13.9 Å². The van der Waals surface area contributed by atoms with Gasteiger partial charge in [-0.2, -0.15) is 0 Å². The van der Waals surface area contributed by atoms with E-state index in [9.17, 15) is 9.59 Å². The van der Waals surface area contributed by atoms with Gasteiger partial charge in [0.15, 0.2) is 5.70 Å². The van der Waals surface area contributed by atoms with Crippen molar-refractivity contribution in [3.8, 4) is 5.75 Å². The van der Waals surface area contributed by atoms with Gasteiger partial charge in [-0.05, 0) is 44.2 Å². The Morgan fingerprint density at radius 1 is 1.27 bits per heavy atom. The number of nitrogens with zero attached hydrogens (tertiary/aromatic N) is 1. The van der Waals surface area contributed by atoms with Crippen molar-refractivity contribution < 1.29 is 28.2 Å². The SMILES string of the molecule is CCOc1ccc(C2=N/C(=C\c3cc(C(=O)OC)c(C)o3)C(=O)O2)cc1. The van der Waals surface area contributed by atoms with E-state index < -0.39 is 11.9 Å². The smallest absolute Gasteiger partial charge is 0.363 e. The van der Waals surface area contributed by atoms with Crippen LogP contribution in [0.3, 0.4) is 0 Å². The maximum atomic E-state index is 12.1. The Hall–Kier alpha value is -3.35. The van der Waals surface area contributed by atoms with E-state index in [1.165, 1.54) is 19.3 Å². The van der Waals surface area contributed by atoms with Crippen LogP contribution < -0.4 is 4.74 Å². The second kappa shape index (κ2) is 7.26. The third kappa shape index (κ3) is 3.51. The molecule has 134 valence electrons. The Kier molecular flexibility index (Phi) is 4.88. The molecule has 0 radical (unpaired) electrons. The normalized spacial score (nSPS) is 15.0. The van der Waals surface area contributed by atoms with Crippen LogP contribution in [-0.4, -0.2) is 31.6 Å². The summed E-state index contributed by atoms with van der Waals surface area (Å²) < 4.78 is 20.7. The lowest BCUT2D eigenvalue weighted by atomic mass is 10.2. The molecule has 1 aromatic heterocycles. The maximum absolute atomic E-state index is 12.1. The number of aryl methyl sites for hydroxylation is 1. The monoisotopic (exact) mass is 355 g/mol. The van der Waals surface area contributed by atoms with Crippen molar-refractivity contribution >= 4 is 23.9 Å². The summed E-state index contributed by atoms with van der Waals surface area (Å²) in [6, 6.07) is 8.55. The number of aliphatic imine (C=N–C) groups is 1. The lowest BCUT2D eigenvalue weighted by Crippen LogP contribution is -2.05. The van der Waals surface area contributed by atoms with Gasteiger partial charge >= 0.3 is 11.9 Å². The van der Waals surface area contributed by atoms with Crippen LogP contribution in [0.5, 0.6) is 5.75 Å². The average Bonchev–Trinajstić information content (AvgIpc) is 3.18. The number of rotatable bonds is 5. The molecule has 0 fully saturated rings. The Morgan fingerprint density at radius 2 is 2.00 bits per heavy atom. The van der Waals surface area contributed by atoms with E-state index in [0.29, 0.717) is 29.3 Å². The van der Waals surface area contributed by atoms with E-state index in [1.54, 1.807) is 31.2 Å². The first-order valence-corrected chi connectivity index (χ1v) is 7.96. The zero-order valence-electron chi connectivity index (χ0n) is 14.6. The van der Waals surface area contributed by atoms with E-state index in [1.807, 2.05) is 6.92 Å². The lowest BCUT2D eigenvalue weighted by molar-refractivity contribution is -0.129. The summed E-state index contributed by atoms with van der Waals surface area (Å²) in [5.41, 5.74) is 1.02. The molecule has 7 heteroatoms. The zero-order chi connectivity index (χ0) is 18.7. The topological polar surface area (TPSA) is 87.3 Å². The van der Waals surface area contributed by atoms with Gasteiger partial charge in [0.1, 0.15) is 22.8 Å². The highest BCUT2D eigenvalue weighted by atomic mass is 16.6. The molecular weight excluding hydrogens is 338 g/mol. The summed E-state index contributed by atoms with van der Waals surface area (Å²) in [5, 5.41) is 0. The highest BCUT2D eigenvalue weighted by Crippen LogP contribution is 2.23. The number of furan rings is 1. The van der Waals surface area contributed by atoms with Crippen LogP contribution in [0.15, 0.2) is 45.4 Å². The van der Waals surface area contributed by atoms with Crippen molar-refractivity contribution in [2.75, 3.05) is 13.7 Å². The number of cyclic esters (lactones) is 1. The minimum atomic E-state index is -0.595. The molecule has 0 saturated heterocycles. The van der Waals surface area contributed by atoms with Gasteiger partial charge in [-0.3, -0.25) is 0 Å². The van der Waals surface area contributed by atoms with E-state index in [0.717, 1.165) is 5.75 Å². The van der Waals surface area contributed by atoms with Crippen LogP contribution in [0.4, 0.5) is 0 Å². The first kappa shape index (κ1) is 17.5. The fourth-order valence-electron chi connectivity index (χ4n) is 2.42. The molecule has 0 N–H and O–H groups in total. The second-order valence-corrected chi connectivity index (χ2v) is 5.40. The summed E-state index contributed by atoms with van der Waals surface area (Å²) in [5.74, 6) is 0.516. The predicted molar refractivity (Wildman–Crippen MR) is 93.0 cm³/mol. The molecular formula is C19H17NO6. The van der Waals surface area contributed by atoms with E-state index in [-0.39, 0.29) is 11.6 Å². The van der Waals surface area contributed by atoms with Crippen molar-refractivity contribution in [2.45, 2.75) is 13.8 Å². The van der Waals surface area contributed by atoms with Gasteiger partial charge in [-0.1, -0.05) is 0 Å². The number of esters is 2. The van der Waals surface area contributed by atoms with Crippen molar-refractivity contribution in [2.24, 2.45) is 4.99 Å². The quantitative estimate of drug-likeness (QED) is 0.605. The molecule has 0 unspecified atom stereocenters. The van der Waals surface area contributed by atoms with Crippen LogP contribution in [0.1, 0.15) is 34.4 Å². The van der Waals surface area contributed by atoms with E-state index >= 15 is 0 Å². The molecule has 1 aliphatic rings. The average molecular weight is 355 g/mol. The number of carbonyl (C=O) groups excluding carboxylic acids is 2. The summed E-state index contributed by atoms with van der Waals surface area (Å²) in [4.78, 5) is 27.9. The number of benzene rings is 1. The highest BCUT2D eigenvalue weighted by Gasteiger charge is 2.25. The van der Waals surface area contributed by atoms with Crippen LogP contribution in [0.2, 0.25) is 0 Å². The minimum Gasteiger partial charge on any atom is -0.494 e. The third-order valence-corrected chi connectivity index (χ3v) is 3.65. The Bertz CT molecular complexity index is 905. The van der Waals surface area contributed by atoms with Gasteiger partial charge < -0.3 is 18.6 Å². The van der Waals surface area contributed by atoms with Crippen molar-refractivity contribution in [3.05, 3.63) is 58.7 Å². The van der Waals surface area contributed by atoms with Gasteiger partial charge in [0.25, 0.3) is 0 Å². The summed E-state index contributed by atoms with van der Waals surface area (Å²) in [7, 11) is 1.29. The predicted octanol–water partition coefficient (Wildman–Crippen LogP) is 3.12. The lowest BCUT2D eigenvalue weighted by Gasteiger charge is -2.03. The van der Waals surface area contributed by atoms with Crippen LogP contribution >= 0.6 is 0 Å². The first-order valence-electron chi connectivity index (χ1n) is 7.96. The first-order chi connectivity index (χ1) is 12.5. The van der Waals surface area contributed by atoms with Crippen molar-refractivity contribution in [1.82, 2.24) is 0 Å². The van der Waals surface area contributed by atoms with E-state index in [2.05, 4.69) is 9.73 Å². The van der Waals surface area contributed by atoms with Gasteiger partial charge in [-0.15, -0.1) is 0 Å². The molecule has 2 aromatic rings. The summed E-state index contributed by atoms with van der Waals surface area (Å²) >= 11 is 0. The van der Waals surface area contributed by atoms with Crippen LogP contribution in [0, 0.1) is 6.92 Å². The zero-order valence-corrected chi connectivity index (χ0v) is 14.6. The molecule has 0 atom stereocenters. The molecule has 26 heavy (non-hydrogen) atoms. The van der Waals surface area contributed by atoms with Crippen LogP contribution in [0.25, 0.3) is 6.08 Å². The maximum Gasteiger partial charge on any atom is 0.363 e. The molecule has 7 nitrogen and oxygen atoms in total. The van der Waals surface area contributed by atoms with Crippen molar-refractivity contribution in [1.29, 1.82) is 0 Å². The fourth-order valence-corrected chi connectivity index (χ4v) is 2.42. The minimum absolute atomic E-state index is 0.0825. The standard InChI is InChI=1S/C19H17NO6/c1-4-24-13-7-5-12(6-8-13)17-20-16(19(22)26-17)10-14-9-15(11(2)25-14)18(21)23-3/h5-10H,4H2,1-3H3/b16-10-. The molecule has 2 heterocycles. The number of ether oxygens (including phenoxy) is 3. The molecule has 0 saturated carbocycles. The molecule has 1 aromatic carbocycles. The van der Waals surface area contributed by atoms with Crippen molar-refractivity contribution in [3.63, 3.8) is 0 Å². The number of hydrogen-bond acceptors (Lipinski definition) is 7. The third-order valence-electron chi connectivity index (χ3n) is 3.65. The molecule has 0 spiro atoms. The molecule has 0 bridgehead atoms. The van der Waals surface area contributed by atoms with Gasteiger partial charge in [0.05, 0.1) is 13.7 Å². The summed E-state index contributed by atoms with van der Waals surface area (Å²) in [6.45, 7) is 4.10. The molecule has 3 rings (SSSR count). The summed E-state index contributed by atoms with van der Waals surface area (Å²) in [6.07, 6.45) is 1.42. The number of methoxy groups -OCH3 is 1. The molecule has 0 aliphatic carbocycles. The largest absolute Gasteiger partial charge is 0.494 e. The number of carbonyl (C=O) groups is 2. The van der Waals surface area contributed by atoms with Crippen LogP contribution in [-0.2, 0) is 14.3 Å². The molecule has 0 amide bonds. The Morgan fingerprint density at radius 3 is 2.65 bits per heavy atom. The number of hydrogen-bond donors (Lipinski definition) is 0. The van der Waals surface area contributed by atoms with Gasteiger partial charge in [-0.25, -0.2) is 14.6 Å². The Balaban J connectivity index is 1.85. The van der Waals surface area contributed by atoms with Gasteiger partial charge in [0, 0.05) is 11.6 Å².